The maximum atomic E-state index is 13.1. The second kappa shape index (κ2) is 10.8. The molecule has 0 saturated heterocycles. The summed E-state index contributed by atoms with van der Waals surface area (Å²) >= 11 is 9.71. The Hall–Kier alpha value is -3.34. The summed E-state index contributed by atoms with van der Waals surface area (Å²) in [7, 11) is 1.45. The van der Waals surface area contributed by atoms with Gasteiger partial charge in [-0.2, -0.15) is 5.26 Å². The molecule has 0 saturated carbocycles. The highest BCUT2D eigenvalue weighted by Gasteiger charge is 2.15. The molecule has 5 nitrogen and oxygen atoms in total. The number of nitriles is 1. The third-order valence-corrected chi connectivity index (χ3v) is 5.08. The minimum absolute atomic E-state index is 0.108. The molecule has 0 fully saturated rings. The summed E-state index contributed by atoms with van der Waals surface area (Å²) in [4.78, 5) is 12.5. The molecule has 0 aliphatic heterocycles. The van der Waals surface area contributed by atoms with Crippen LogP contribution in [-0.2, 0) is 11.4 Å². The molecule has 3 rings (SSSR count). The predicted molar refractivity (Wildman–Crippen MR) is 125 cm³/mol. The second-order valence-corrected chi connectivity index (χ2v) is 7.91. The van der Waals surface area contributed by atoms with Gasteiger partial charge in [0.15, 0.2) is 11.5 Å². The van der Waals surface area contributed by atoms with E-state index in [1.165, 1.54) is 25.3 Å². The van der Waals surface area contributed by atoms with Crippen LogP contribution < -0.4 is 14.8 Å². The van der Waals surface area contributed by atoms with Gasteiger partial charge in [0.25, 0.3) is 5.91 Å². The standard InChI is InChI=1S/C24H17BrClFN2O3/c1-31-22-11-16(9-17(13-28)24(30)29-20-4-2-3-18(25)12-20)10-21(26)23(22)32-14-15-5-7-19(27)8-6-15/h2-12H,14H2,1H3,(H,29,30)/b17-9-. The molecule has 162 valence electrons. The lowest BCUT2D eigenvalue weighted by atomic mass is 10.1. The number of hydrogen-bond acceptors (Lipinski definition) is 4. The van der Waals surface area contributed by atoms with Crippen LogP contribution in [0.5, 0.6) is 11.5 Å². The van der Waals surface area contributed by atoms with Crippen LogP contribution in [0.3, 0.4) is 0 Å². The van der Waals surface area contributed by atoms with Crippen LogP contribution in [0.15, 0.2) is 70.7 Å². The van der Waals surface area contributed by atoms with E-state index >= 15 is 0 Å². The van der Waals surface area contributed by atoms with Crippen LogP contribution >= 0.6 is 27.5 Å². The molecule has 1 amide bonds. The third-order valence-electron chi connectivity index (χ3n) is 4.31. The SMILES string of the molecule is COc1cc(/C=C(/C#N)C(=O)Nc2cccc(Br)c2)cc(Cl)c1OCc1ccc(F)cc1. The van der Waals surface area contributed by atoms with E-state index in [9.17, 15) is 14.4 Å². The minimum Gasteiger partial charge on any atom is -0.493 e. The summed E-state index contributed by atoms with van der Waals surface area (Å²) in [5, 5.41) is 12.4. The molecular weight excluding hydrogens is 499 g/mol. The van der Waals surface area contributed by atoms with Crippen molar-refractivity contribution in [2.45, 2.75) is 6.61 Å². The minimum atomic E-state index is -0.558. The largest absolute Gasteiger partial charge is 0.493 e. The summed E-state index contributed by atoms with van der Waals surface area (Å²) in [6.45, 7) is 0.157. The maximum Gasteiger partial charge on any atom is 0.266 e. The van der Waals surface area contributed by atoms with E-state index in [0.717, 1.165) is 10.0 Å². The lowest BCUT2D eigenvalue weighted by molar-refractivity contribution is -0.112. The zero-order valence-corrected chi connectivity index (χ0v) is 19.2. The van der Waals surface area contributed by atoms with Crippen molar-refractivity contribution in [1.82, 2.24) is 0 Å². The van der Waals surface area contributed by atoms with Gasteiger partial charge in [0, 0.05) is 10.2 Å². The summed E-state index contributed by atoms with van der Waals surface area (Å²) in [5.74, 6) is -0.265. The number of benzene rings is 3. The Labute approximate surface area is 198 Å². The number of ether oxygens (including phenoxy) is 2. The Bertz CT molecular complexity index is 1210. The number of nitrogens with one attached hydrogen (secondary N) is 1. The normalized spacial score (nSPS) is 10.9. The average Bonchev–Trinajstić information content (AvgIpc) is 2.77. The van der Waals surface area contributed by atoms with Crippen LogP contribution in [0.1, 0.15) is 11.1 Å². The third kappa shape index (κ3) is 6.10. The van der Waals surface area contributed by atoms with Crippen molar-refractivity contribution in [1.29, 1.82) is 5.26 Å². The fourth-order valence-electron chi connectivity index (χ4n) is 2.78. The lowest BCUT2D eigenvalue weighted by Gasteiger charge is -2.13. The van der Waals surface area contributed by atoms with E-state index in [4.69, 9.17) is 21.1 Å². The molecule has 0 spiro atoms. The molecule has 3 aromatic rings. The Balaban J connectivity index is 1.81. The topological polar surface area (TPSA) is 71.3 Å². The number of nitrogens with zero attached hydrogens (tertiary/aromatic N) is 1. The van der Waals surface area contributed by atoms with Gasteiger partial charge in [-0.3, -0.25) is 4.79 Å². The molecule has 0 atom stereocenters. The van der Waals surface area contributed by atoms with Gasteiger partial charge in [0.1, 0.15) is 24.1 Å². The van der Waals surface area contributed by atoms with Gasteiger partial charge in [0.05, 0.1) is 12.1 Å². The quantitative estimate of drug-likeness (QED) is 0.293. The zero-order valence-electron chi connectivity index (χ0n) is 16.9. The molecule has 0 aromatic heterocycles. The first-order valence-electron chi connectivity index (χ1n) is 9.33. The van der Waals surface area contributed by atoms with Crippen LogP contribution in [0.2, 0.25) is 5.02 Å². The van der Waals surface area contributed by atoms with Crippen molar-refractivity contribution in [3.63, 3.8) is 0 Å². The molecule has 0 aliphatic carbocycles. The van der Waals surface area contributed by atoms with E-state index in [0.29, 0.717) is 22.7 Å². The molecule has 0 radical (unpaired) electrons. The van der Waals surface area contributed by atoms with Crippen LogP contribution in [-0.4, -0.2) is 13.0 Å². The van der Waals surface area contributed by atoms with E-state index in [2.05, 4.69) is 21.2 Å². The number of rotatable bonds is 7. The van der Waals surface area contributed by atoms with Crippen LogP contribution in [0.25, 0.3) is 6.08 Å². The van der Waals surface area contributed by atoms with Crippen molar-refractivity contribution >= 4 is 45.2 Å². The van der Waals surface area contributed by atoms with Crippen LogP contribution in [0.4, 0.5) is 10.1 Å². The lowest BCUT2D eigenvalue weighted by Crippen LogP contribution is -2.13. The molecule has 0 bridgehead atoms. The van der Waals surface area contributed by atoms with E-state index in [-0.39, 0.29) is 23.0 Å². The highest BCUT2D eigenvalue weighted by molar-refractivity contribution is 9.10. The number of hydrogen-bond donors (Lipinski definition) is 1. The number of amides is 1. The predicted octanol–water partition coefficient (Wildman–Crippen LogP) is 6.37. The number of methoxy groups -OCH3 is 1. The van der Waals surface area contributed by atoms with Gasteiger partial charge in [-0.1, -0.05) is 45.7 Å². The van der Waals surface area contributed by atoms with Gasteiger partial charge in [-0.05, 0) is 59.7 Å². The van der Waals surface area contributed by atoms with E-state index in [1.54, 1.807) is 42.5 Å². The average molecular weight is 516 g/mol. The first-order valence-corrected chi connectivity index (χ1v) is 10.5. The fourth-order valence-corrected chi connectivity index (χ4v) is 3.45. The summed E-state index contributed by atoms with van der Waals surface area (Å²) in [6.07, 6.45) is 1.41. The first kappa shape index (κ1) is 23.3. The van der Waals surface area contributed by atoms with Gasteiger partial charge < -0.3 is 14.8 Å². The van der Waals surface area contributed by atoms with Crippen LogP contribution in [0, 0.1) is 17.1 Å². The van der Waals surface area contributed by atoms with E-state index < -0.39 is 5.91 Å². The zero-order chi connectivity index (χ0) is 23.1. The number of halogens is 3. The summed E-state index contributed by atoms with van der Waals surface area (Å²) in [5.41, 5.74) is 1.68. The van der Waals surface area contributed by atoms with Crippen molar-refractivity contribution in [3.05, 3.63) is 92.7 Å². The first-order chi connectivity index (χ1) is 15.4. The summed E-state index contributed by atoms with van der Waals surface area (Å²) < 4.78 is 25.0. The Morgan fingerprint density at radius 1 is 1.22 bits per heavy atom. The highest BCUT2D eigenvalue weighted by Crippen LogP contribution is 2.37. The second-order valence-electron chi connectivity index (χ2n) is 6.58. The molecule has 3 aromatic carbocycles. The number of carbonyl (C=O) groups excluding carboxylic acids is 1. The van der Waals surface area contributed by atoms with Crippen molar-refractivity contribution in [3.8, 4) is 17.6 Å². The molecule has 8 heteroatoms. The monoisotopic (exact) mass is 514 g/mol. The number of anilines is 1. The van der Waals surface area contributed by atoms with Crippen molar-refractivity contribution < 1.29 is 18.7 Å². The van der Waals surface area contributed by atoms with Gasteiger partial charge in [-0.25, -0.2) is 4.39 Å². The molecule has 0 heterocycles. The van der Waals surface area contributed by atoms with E-state index in [1.807, 2.05) is 12.1 Å². The Kier molecular flexibility index (Phi) is 7.87. The molecule has 1 N–H and O–H groups in total. The van der Waals surface area contributed by atoms with Crippen molar-refractivity contribution in [2.75, 3.05) is 12.4 Å². The maximum absolute atomic E-state index is 13.1. The smallest absolute Gasteiger partial charge is 0.266 e. The Morgan fingerprint density at radius 3 is 2.62 bits per heavy atom. The molecular formula is C24H17BrClFN2O3. The van der Waals surface area contributed by atoms with Gasteiger partial charge >= 0.3 is 0 Å². The molecule has 32 heavy (non-hydrogen) atoms. The number of carbonyl (C=O) groups is 1. The van der Waals surface area contributed by atoms with Gasteiger partial charge in [-0.15, -0.1) is 0 Å². The molecule has 0 aliphatic rings. The summed E-state index contributed by atoms with van der Waals surface area (Å²) in [6, 6.07) is 18.0. The Morgan fingerprint density at radius 2 is 1.97 bits per heavy atom. The molecule has 0 unspecified atom stereocenters. The fraction of sp³-hybridized carbons (Fsp3) is 0.0833. The van der Waals surface area contributed by atoms with Gasteiger partial charge in [0.2, 0.25) is 0 Å². The highest BCUT2D eigenvalue weighted by atomic mass is 79.9. The van der Waals surface area contributed by atoms with Crippen molar-refractivity contribution in [2.24, 2.45) is 0 Å².